The summed E-state index contributed by atoms with van der Waals surface area (Å²) >= 11 is 1.35. The Bertz CT molecular complexity index is 1140. The molecule has 0 radical (unpaired) electrons. The summed E-state index contributed by atoms with van der Waals surface area (Å²) in [7, 11) is 0. The molecule has 4 aromatic rings. The minimum atomic E-state index is -1.11. The van der Waals surface area contributed by atoms with Crippen LogP contribution in [0.15, 0.2) is 66.0 Å². The molecule has 0 bridgehead atoms. The van der Waals surface area contributed by atoms with Crippen LogP contribution in [0.3, 0.4) is 0 Å². The number of benzene rings is 2. The van der Waals surface area contributed by atoms with Crippen LogP contribution in [-0.2, 0) is 6.42 Å². The highest BCUT2D eigenvalue weighted by Gasteiger charge is 2.29. The van der Waals surface area contributed by atoms with Crippen LogP contribution in [0.1, 0.15) is 38.3 Å². The summed E-state index contributed by atoms with van der Waals surface area (Å²) in [6, 6.07) is 18.6. The number of carbonyl (C=O) groups is 1. The number of nitrogens with one attached hydrogen (secondary N) is 1. The fourth-order valence-electron chi connectivity index (χ4n) is 3.61. The number of aryl methyl sites for hydroxylation is 2. The van der Waals surface area contributed by atoms with Crippen LogP contribution in [0.4, 0.5) is 0 Å². The molecule has 158 valence electrons. The monoisotopic (exact) mass is 433 g/mol. The van der Waals surface area contributed by atoms with E-state index in [2.05, 4.69) is 20.8 Å². The smallest absolute Gasteiger partial charge is 0.261 e. The highest BCUT2D eigenvalue weighted by atomic mass is 32.1. The van der Waals surface area contributed by atoms with Gasteiger partial charge in [0.1, 0.15) is 6.10 Å². The zero-order chi connectivity index (χ0) is 21.8. The molecular formula is C23H23N5O2S. The van der Waals surface area contributed by atoms with E-state index in [1.54, 1.807) is 10.7 Å². The number of aliphatic hydroxyl groups is 1. The van der Waals surface area contributed by atoms with Gasteiger partial charge in [-0.1, -0.05) is 54.6 Å². The predicted octanol–water partition coefficient (Wildman–Crippen LogP) is 3.42. The standard InChI is InChI=1S/C23H23N5O2S/c1-15-8-6-9-16(2)20(15)28-22(25-26-27-28)21(29)18(14-17-10-4-3-5-11-17)24-23(30)19-12-7-13-31-19/h3-13,18,21,29H,14H2,1-2H3,(H,24,30)/t18-,21?/m0/s1. The van der Waals surface area contributed by atoms with Crippen LogP contribution >= 0.6 is 11.3 Å². The first-order chi connectivity index (χ1) is 15.0. The van der Waals surface area contributed by atoms with Gasteiger partial charge in [0, 0.05) is 0 Å². The maximum absolute atomic E-state index is 12.8. The number of rotatable bonds is 7. The largest absolute Gasteiger partial charge is 0.383 e. The first kappa shape index (κ1) is 20.9. The van der Waals surface area contributed by atoms with Crippen LogP contribution < -0.4 is 5.32 Å². The van der Waals surface area contributed by atoms with E-state index in [1.165, 1.54) is 11.3 Å². The number of carbonyl (C=O) groups excluding carboxylic acids is 1. The van der Waals surface area contributed by atoms with E-state index in [0.717, 1.165) is 22.4 Å². The minimum absolute atomic E-state index is 0.235. The topological polar surface area (TPSA) is 92.9 Å². The molecule has 0 aliphatic rings. The number of para-hydroxylation sites is 1. The second-order valence-electron chi connectivity index (χ2n) is 7.38. The lowest BCUT2D eigenvalue weighted by Crippen LogP contribution is -2.41. The maximum atomic E-state index is 12.8. The molecule has 8 heteroatoms. The van der Waals surface area contributed by atoms with Gasteiger partial charge in [-0.25, -0.2) is 0 Å². The molecule has 7 nitrogen and oxygen atoms in total. The summed E-state index contributed by atoms with van der Waals surface area (Å²) < 4.78 is 1.56. The van der Waals surface area contributed by atoms with Crippen LogP contribution in [0.2, 0.25) is 0 Å². The Labute approximate surface area is 184 Å². The van der Waals surface area contributed by atoms with Gasteiger partial charge >= 0.3 is 0 Å². The van der Waals surface area contributed by atoms with Crippen molar-refractivity contribution in [3.63, 3.8) is 0 Å². The zero-order valence-corrected chi connectivity index (χ0v) is 18.1. The third kappa shape index (κ3) is 4.55. The summed E-state index contributed by atoms with van der Waals surface area (Å²) in [4.78, 5) is 13.4. The fraction of sp³-hybridized carbons (Fsp3) is 0.217. The highest BCUT2D eigenvalue weighted by molar-refractivity contribution is 7.12. The molecule has 2 atom stereocenters. The van der Waals surface area contributed by atoms with E-state index in [9.17, 15) is 9.90 Å². The van der Waals surface area contributed by atoms with Crippen molar-refractivity contribution in [2.24, 2.45) is 0 Å². The number of hydrogen-bond donors (Lipinski definition) is 2. The van der Waals surface area contributed by atoms with Crippen molar-refractivity contribution in [1.82, 2.24) is 25.5 Å². The van der Waals surface area contributed by atoms with E-state index < -0.39 is 12.1 Å². The molecule has 31 heavy (non-hydrogen) atoms. The average molecular weight is 434 g/mol. The minimum Gasteiger partial charge on any atom is -0.383 e. The number of nitrogens with zero attached hydrogens (tertiary/aromatic N) is 4. The molecule has 1 unspecified atom stereocenters. The Kier molecular flexibility index (Phi) is 6.20. The Balaban J connectivity index is 1.68. The van der Waals surface area contributed by atoms with Crippen molar-refractivity contribution >= 4 is 17.2 Å². The molecule has 0 fully saturated rings. The van der Waals surface area contributed by atoms with Crippen molar-refractivity contribution in [3.8, 4) is 5.69 Å². The van der Waals surface area contributed by atoms with E-state index in [1.807, 2.05) is 73.8 Å². The van der Waals surface area contributed by atoms with Crippen molar-refractivity contribution < 1.29 is 9.90 Å². The molecule has 2 aromatic carbocycles. The van der Waals surface area contributed by atoms with Gasteiger partial charge in [-0.3, -0.25) is 4.79 Å². The summed E-state index contributed by atoms with van der Waals surface area (Å²) in [6.45, 7) is 3.94. The van der Waals surface area contributed by atoms with Crippen molar-refractivity contribution in [3.05, 3.63) is 93.4 Å². The molecule has 0 saturated carbocycles. The molecule has 0 aliphatic heterocycles. The number of tetrazole rings is 1. The van der Waals surface area contributed by atoms with Crippen LogP contribution in [-0.4, -0.2) is 37.3 Å². The summed E-state index contributed by atoms with van der Waals surface area (Å²) in [5.41, 5.74) is 3.79. The Hall–Kier alpha value is -3.36. The third-order valence-corrected chi connectivity index (χ3v) is 6.02. The van der Waals surface area contributed by atoms with E-state index in [0.29, 0.717) is 11.3 Å². The molecular weight excluding hydrogens is 410 g/mol. The summed E-state index contributed by atoms with van der Waals surface area (Å²) in [6.07, 6.45) is -0.684. The van der Waals surface area contributed by atoms with Gasteiger partial charge in [-0.2, -0.15) is 4.68 Å². The van der Waals surface area contributed by atoms with Crippen molar-refractivity contribution in [1.29, 1.82) is 0 Å². The van der Waals surface area contributed by atoms with E-state index >= 15 is 0 Å². The number of aliphatic hydroxyl groups excluding tert-OH is 1. The second-order valence-corrected chi connectivity index (χ2v) is 8.33. The Morgan fingerprint density at radius 1 is 1.06 bits per heavy atom. The molecule has 1 amide bonds. The van der Waals surface area contributed by atoms with Gasteiger partial charge in [-0.15, -0.1) is 16.4 Å². The molecule has 2 aromatic heterocycles. The first-order valence-electron chi connectivity index (χ1n) is 9.96. The molecule has 0 aliphatic carbocycles. The first-order valence-corrected chi connectivity index (χ1v) is 10.8. The molecule has 4 rings (SSSR count). The normalized spacial score (nSPS) is 13.0. The van der Waals surface area contributed by atoms with Crippen LogP contribution in [0.25, 0.3) is 5.69 Å². The number of aromatic nitrogens is 4. The lowest BCUT2D eigenvalue weighted by molar-refractivity contribution is 0.0813. The van der Waals surface area contributed by atoms with Gasteiger partial charge in [-0.05, 0) is 58.8 Å². The van der Waals surface area contributed by atoms with Crippen LogP contribution in [0, 0.1) is 13.8 Å². The lowest BCUT2D eigenvalue weighted by atomic mass is 10.00. The maximum Gasteiger partial charge on any atom is 0.261 e. The molecule has 2 N–H and O–H groups in total. The average Bonchev–Trinajstić information content (AvgIpc) is 3.46. The van der Waals surface area contributed by atoms with E-state index in [-0.39, 0.29) is 11.7 Å². The van der Waals surface area contributed by atoms with Gasteiger partial charge in [0.05, 0.1) is 16.6 Å². The predicted molar refractivity (Wildman–Crippen MR) is 119 cm³/mol. The zero-order valence-electron chi connectivity index (χ0n) is 17.3. The van der Waals surface area contributed by atoms with Crippen molar-refractivity contribution in [2.75, 3.05) is 0 Å². The van der Waals surface area contributed by atoms with E-state index in [4.69, 9.17) is 0 Å². The van der Waals surface area contributed by atoms with Crippen LogP contribution in [0.5, 0.6) is 0 Å². The van der Waals surface area contributed by atoms with Crippen molar-refractivity contribution in [2.45, 2.75) is 32.4 Å². The highest BCUT2D eigenvalue weighted by Crippen LogP contribution is 2.24. The summed E-state index contributed by atoms with van der Waals surface area (Å²) in [5.74, 6) is 0.0471. The quantitative estimate of drug-likeness (QED) is 0.466. The molecule has 0 saturated heterocycles. The molecule has 2 heterocycles. The number of hydrogen-bond acceptors (Lipinski definition) is 6. The van der Waals surface area contributed by atoms with Gasteiger partial charge in [0.15, 0.2) is 5.82 Å². The van der Waals surface area contributed by atoms with Gasteiger partial charge in [0.2, 0.25) is 0 Å². The Morgan fingerprint density at radius 2 is 1.81 bits per heavy atom. The number of amides is 1. The molecule has 0 spiro atoms. The number of thiophene rings is 1. The SMILES string of the molecule is Cc1cccc(C)c1-n1nnnc1C(O)[C@H](Cc1ccccc1)NC(=O)c1cccs1. The third-order valence-electron chi connectivity index (χ3n) is 5.15. The van der Waals surface area contributed by atoms with Gasteiger partial charge in [0.25, 0.3) is 5.91 Å². The Morgan fingerprint density at radius 3 is 2.48 bits per heavy atom. The fourth-order valence-corrected chi connectivity index (χ4v) is 4.24. The summed E-state index contributed by atoms with van der Waals surface area (Å²) in [5, 5.41) is 28.2. The van der Waals surface area contributed by atoms with Gasteiger partial charge < -0.3 is 10.4 Å². The second kappa shape index (κ2) is 9.20. The lowest BCUT2D eigenvalue weighted by Gasteiger charge is -2.24.